The lowest BCUT2D eigenvalue weighted by Crippen LogP contribution is -2.29. The molecule has 7 heteroatoms. The summed E-state index contributed by atoms with van der Waals surface area (Å²) in [5, 5.41) is 7.74. The van der Waals surface area contributed by atoms with E-state index in [9.17, 15) is 4.79 Å². The predicted molar refractivity (Wildman–Crippen MR) is 123 cm³/mol. The number of carbonyl (C=O) groups is 1. The van der Waals surface area contributed by atoms with Crippen molar-refractivity contribution in [2.24, 2.45) is 0 Å². The highest BCUT2D eigenvalue weighted by atomic mass is 16.5. The van der Waals surface area contributed by atoms with E-state index in [1.165, 1.54) is 0 Å². The zero-order valence-electron chi connectivity index (χ0n) is 19.7. The van der Waals surface area contributed by atoms with Crippen molar-refractivity contribution in [1.29, 1.82) is 0 Å². The molecule has 1 N–H and O–H groups in total. The van der Waals surface area contributed by atoms with Crippen molar-refractivity contribution in [3.8, 4) is 11.5 Å². The molecular weight excluding hydrogens is 392 g/mol. The molecule has 1 aromatic heterocycles. The summed E-state index contributed by atoms with van der Waals surface area (Å²) in [6, 6.07) is 7.40. The highest BCUT2D eigenvalue weighted by Crippen LogP contribution is 2.40. The van der Waals surface area contributed by atoms with Crippen LogP contribution in [0.5, 0.6) is 11.5 Å². The van der Waals surface area contributed by atoms with Gasteiger partial charge in [0.25, 0.3) is 5.91 Å². The molecule has 0 bridgehead atoms. The van der Waals surface area contributed by atoms with Crippen LogP contribution >= 0.6 is 0 Å². The van der Waals surface area contributed by atoms with E-state index in [0.29, 0.717) is 35.4 Å². The van der Waals surface area contributed by atoms with E-state index in [0.717, 1.165) is 38.2 Å². The molecule has 1 amide bonds. The lowest BCUT2D eigenvalue weighted by atomic mass is 10.1. The van der Waals surface area contributed by atoms with Gasteiger partial charge in [0.15, 0.2) is 11.5 Å². The van der Waals surface area contributed by atoms with Crippen molar-refractivity contribution in [2.45, 2.75) is 58.9 Å². The van der Waals surface area contributed by atoms with Crippen LogP contribution in [-0.4, -0.2) is 53.9 Å². The number of benzene rings is 1. The molecule has 1 saturated carbocycles. The Hall–Kier alpha value is -2.54. The van der Waals surface area contributed by atoms with Gasteiger partial charge in [-0.1, -0.05) is 13.8 Å². The zero-order chi connectivity index (χ0) is 22.6. The van der Waals surface area contributed by atoms with Crippen molar-refractivity contribution in [3.05, 3.63) is 35.7 Å². The van der Waals surface area contributed by atoms with Crippen LogP contribution in [-0.2, 0) is 5.54 Å². The molecule has 170 valence electrons. The third-order valence-electron chi connectivity index (χ3n) is 5.57. The minimum absolute atomic E-state index is 0.173. The first-order valence-electron chi connectivity index (χ1n) is 11.2. The largest absolute Gasteiger partial charge is 0.493 e. The van der Waals surface area contributed by atoms with Gasteiger partial charge >= 0.3 is 0 Å². The fraction of sp³-hybridized carbons (Fsp3) is 0.583. The molecule has 31 heavy (non-hydrogen) atoms. The van der Waals surface area contributed by atoms with E-state index in [2.05, 4.69) is 44.8 Å². The Morgan fingerprint density at radius 1 is 1.19 bits per heavy atom. The molecule has 0 atom stereocenters. The molecule has 0 saturated heterocycles. The second-order valence-electron chi connectivity index (χ2n) is 9.01. The summed E-state index contributed by atoms with van der Waals surface area (Å²) in [7, 11) is 1.62. The van der Waals surface area contributed by atoms with Gasteiger partial charge in [0.2, 0.25) is 0 Å². The van der Waals surface area contributed by atoms with Crippen LogP contribution in [0.1, 0.15) is 69.6 Å². The predicted octanol–water partition coefficient (Wildman–Crippen LogP) is 4.50. The Balaban J connectivity index is 1.75. The first-order chi connectivity index (χ1) is 14.8. The third kappa shape index (κ3) is 5.79. The topological polar surface area (TPSA) is 68.6 Å². The number of aromatic nitrogens is 2. The monoisotopic (exact) mass is 428 g/mol. The van der Waals surface area contributed by atoms with Gasteiger partial charge in [-0.15, -0.1) is 0 Å². The maximum absolute atomic E-state index is 13.1. The van der Waals surface area contributed by atoms with E-state index < -0.39 is 0 Å². The van der Waals surface area contributed by atoms with Crippen molar-refractivity contribution < 1.29 is 14.3 Å². The Bertz CT molecular complexity index is 893. The standard InChI is InChI=1S/C24H36N4O3/c1-7-27(8-2)13-14-31-22-15-18(11-12-21(22)30-6)25-23(29)20-16-19(17-9-10-17)26-28(20)24(3,4)5/h11-12,15-17H,7-10,13-14H2,1-6H3,(H,25,29). The molecule has 0 aliphatic heterocycles. The summed E-state index contributed by atoms with van der Waals surface area (Å²) < 4.78 is 13.2. The van der Waals surface area contributed by atoms with Crippen molar-refractivity contribution in [1.82, 2.24) is 14.7 Å². The van der Waals surface area contributed by atoms with Gasteiger partial charge in [-0.05, 0) is 64.9 Å². The van der Waals surface area contributed by atoms with E-state index in [1.807, 2.05) is 28.9 Å². The number of methoxy groups -OCH3 is 1. The number of ether oxygens (including phenoxy) is 2. The molecule has 3 rings (SSSR count). The number of amides is 1. The quantitative estimate of drug-likeness (QED) is 0.604. The zero-order valence-corrected chi connectivity index (χ0v) is 19.7. The Morgan fingerprint density at radius 2 is 1.90 bits per heavy atom. The highest BCUT2D eigenvalue weighted by Gasteiger charge is 2.31. The second-order valence-corrected chi connectivity index (χ2v) is 9.01. The molecule has 2 aromatic rings. The molecule has 0 unspecified atom stereocenters. The van der Waals surface area contributed by atoms with Gasteiger partial charge < -0.3 is 19.7 Å². The molecular formula is C24H36N4O3. The van der Waals surface area contributed by atoms with Gasteiger partial charge in [-0.25, -0.2) is 0 Å². The van der Waals surface area contributed by atoms with Crippen LogP contribution < -0.4 is 14.8 Å². The van der Waals surface area contributed by atoms with Crippen LogP contribution in [0.2, 0.25) is 0 Å². The first kappa shape index (κ1) is 23.1. The number of likely N-dealkylation sites (N-methyl/N-ethyl adjacent to an activating group) is 1. The number of rotatable bonds is 10. The van der Waals surface area contributed by atoms with E-state index >= 15 is 0 Å². The Morgan fingerprint density at radius 3 is 2.48 bits per heavy atom. The summed E-state index contributed by atoms with van der Waals surface area (Å²) in [5.41, 5.74) is 1.97. The summed E-state index contributed by atoms with van der Waals surface area (Å²) in [6.45, 7) is 13.8. The molecule has 1 aliphatic carbocycles. The maximum Gasteiger partial charge on any atom is 0.273 e. The molecule has 1 aliphatic rings. The number of nitrogens with zero attached hydrogens (tertiary/aromatic N) is 3. The molecule has 1 aromatic carbocycles. The number of hydrogen-bond donors (Lipinski definition) is 1. The van der Waals surface area contributed by atoms with Gasteiger partial charge in [0.1, 0.15) is 12.3 Å². The summed E-state index contributed by atoms with van der Waals surface area (Å²) >= 11 is 0. The number of carbonyl (C=O) groups excluding carboxylic acids is 1. The number of anilines is 1. The van der Waals surface area contributed by atoms with E-state index in [4.69, 9.17) is 14.6 Å². The number of hydrogen-bond acceptors (Lipinski definition) is 5. The summed E-state index contributed by atoms with van der Waals surface area (Å²) in [4.78, 5) is 15.4. The van der Waals surface area contributed by atoms with Gasteiger partial charge in [-0.2, -0.15) is 5.10 Å². The second kappa shape index (κ2) is 9.73. The maximum atomic E-state index is 13.1. The van der Waals surface area contributed by atoms with Crippen molar-refractivity contribution in [2.75, 3.05) is 38.7 Å². The smallest absolute Gasteiger partial charge is 0.273 e. The van der Waals surface area contributed by atoms with Crippen molar-refractivity contribution in [3.63, 3.8) is 0 Å². The summed E-state index contributed by atoms with van der Waals surface area (Å²) in [5.74, 6) is 1.58. The fourth-order valence-electron chi connectivity index (χ4n) is 3.54. The van der Waals surface area contributed by atoms with Crippen LogP contribution in [0.4, 0.5) is 5.69 Å². The normalized spacial score (nSPS) is 14.0. The fourth-order valence-corrected chi connectivity index (χ4v) is 3.54. The summed E-state index contributed by atoms with van der Waals surface area (Å²) in [6.07, 6.45) is 2.30. The van der Waals surface area contributed by atoms with Gasteiger partial charge in [0.05, 0.1) is 18.3 Å². The van der Waals surface area contributed by atoms with Gasteiger partial charge in [0, 0.05) is 24.2 Å². The molecule has 1 heterocycles. The molecule has 0 spiro atoms. The van der Waals surface area contributed by atoms with Crippen molar-refractivity contribution >= 4 is 11.6 Å². The number of nitrogens with one attached hydrogen (secondary N) is 1. The van der Waals surface area contributed by atoms with Gasteiger partial charge in [-0.3, -0.25) is 9.48 Å². The van der Waals surface area contributed by atoms with Crippen LogP contribution in [0.15, 0.2) is 24.3 Å². The van der Waals surface area contributed by atoms with Crippen LogP contribution in [0.3, 0.4) is 0 Å². The average molecular weight is 429 g/mol. The minimum Gasteiger partial charge on any atom is -0.493 e. The van der Waals surface area contributed by atoms with Crippen LogP contribution in [0.25, 0.3) is 0 Å². The van der Waals surface area contributed by atoms with E-state index in [1.54, 1.807) is 7.11 Å². The van der Waals surface area contributed by atoms with E-state index in [-0.39, 0.29) is 11.4 Å². The molecule has 7 nitrogen and oxygen atoms in total. The average Bonchev–Trinajstić information content (AvgIpc) is 3.48. The van der Waals surface area contributed by atoms with Crippen LogP contribution in [0, 0.1) is 0 Å². The minimum atomic E-state index is -0.279. The Kier molecular flexibility index (Phi) is 7.26. The SMILES string of the molecule is CCN(CC)CCOc1cc(NC(=O)c2cc(C3CC3)nn2C(C)(C)C)ccc1OC. The first-order valence-corrected chi connectivity index (χ1v) is 11.2. The lowest BCUT2D eigenvalue weighted by Gasteiger charge is -2.22. The molecule has 0 radical (unpaired) electrons. The lowest BCUT2D eigenvalue weighted by molar-refractivity contribution is 0.100. The Labute approximate surface area is 185 Å². The molecule has 1 fully saturated rings. The third-order valence-corrected chi connectivity index (χ3v) is 5.57. The highest BCUT2D eigenvalue weighted by molar-refractivity contribution is 6.03.